The molecule has 4 rings (SSSR count). The number of hydrogen-bond acceptors (Lipinski definition) is 5. The molecule has 2 heterocycles. The number of nitrogens with zero attached hydrogens (tertiary/aromatic N) is 2. The van der Waals surface area contributed by atoms with Crippen molar-refractivity contribution in [2.45, 2.75) is 37.1 Å². The molecule has 2 aliphatic rings. The molecule has 2 amide bonds. The lowest BCUT2D eigenvalue weighted by Gasteiger charge is -2.39. The van der Waals surface area contributed by atoms with Crippen molar-refractivity contribution in [2.24, 2.45) is 5.92 Å². The van der Waals surface area contributed by atoms with Gasteiger partial charge in [0.1, 0.15) is 5.50 Å². The predicted octanol–water partition coefficient (Wildman–Crippen LogP) is 3.23. The normalized spacial score (nSPS) is 24.7. The second kappa shape index (κ2) is 10.4. The van der Waals surface area contributed by atoms with Crippen molar-refractivity contribution < 1.29 is 9.59 Å². The molecule has 2 aromatic carbocycles. The topological polar surface area (TPSA) is 64.7 Å². The number of anilines is 1. The van der Waals surface area contributed by atoms with Gasteiger partial charge in [0.15, 0.2) is 0 Å². The molecule has 2 aliphatic heterocycles. The largest absolute Gasteiger partial charge is 0.368 e. The van der Waals surface area contributed by atoms with E-state index in [1.54, 1.807) is 11.8 Å². The van der Waals surface area contributed by atoms with Gasteiger partial charge in [-0.25, -0.2) is 0 Å². The zero-order chi connectivity index (χ0) is 22.5. The van der Waals surface area contributed by atoms with Gasteiger partial charge < -0.3 is 15.1 Å². The standard InChI is InChI=1S/C25H32N4O2S/c1-18-22(24(31)27-25(26-18)32-19(2)20-9-5-3-6-10-20)17-23(30)29-15-13-28(14-16-29)21-11-7-4-8-12-21/h3-12,18-19,22,25-26H,13-17H2,1-2H3,(H,27,31). The summed E-state index contributed by atoms with van der Waals surface area (Å²) in [4.78, 5) is 30.0. The molecule has 2 N–H and O–H groups in total. The lowest BCUT2D eigenvalue weighted by atomic mass is 9.94. The van der Waals surface area contributed by atoms with Gasteiger partial charge in [-0.1, -0.05) is 48.5 Å². The van der Waals surface area contributed by atoms with Crippen LogP contribution in [0.1, 0.15) is 31.1 Å². The monoisotopic (exact) mass is 452 g/mol. The smallest absolute Gasteiger partial charge is 0.227 e. The van der Waals surface area contributed by atoms with E-state index in [1.807, 2.05) is 48.2 Å². The van der Waals surface area contributed by atoms with Crippen LogP contribution >= 0.6 is 11.8 Å². The summed E-state index contributed by atoms with van der Waals surface area (Å²) in [5.74, 6) is -0.320. The van der Waals surface area contributed by atoms with Gasteiger partial charge in [0, 0.05) is 49.6 Å². The van der Waals surface area contributed by atoms with E-state index in [1.165, 1.54) is 11.3 Å². The molecule has 0 bridgehead atoms. The number of carbonyl (C=O) groups excluding carboxylic acids is 2. The lowest BCUT2D eigenvalue weighted by Crippen LogP contribution is -2.60. The molecular weight excluding hydrogens is 420 g/mol. The van der Waals surface area contributed by atoms with E-state index >= 15 is 0 Å². The summed E-state index contributed by atoms with van der Waals surface area (Å²) in [6.07, 6.45) is 0.247. The zero-order valence-electron chi connectivity index (χ0n) is 18.7. The molecule has 2 aromatic rings. The van der Waals surface area contributed by atoms with Crippen LogP contribution in [0.25, 0.3) is 0 Å². The van der Waals surface area contributed by atoms with Crippen LogP contribution in [0.2, 0.25) is 0 Å². The summed E-state index contributed by atoms with van der Waals surface area (Å²) in [7, 11) is 0. The van der Waals surface area contributed by atoms with Crippen molar-refractivity contribution in [1.29, 1.82) is 0 Å². The van der Waals surface area contributed by atoms with Crippen LogP contribution < -0.4 is 15.5 Å². The maximum Gasteiger partial charge on any atom is 0.227 e. The number of rotatable bonds is 6. The highest BCUT2D eigenvalue weighted by atomic mass is 32.2. The number of piperazine rings is 1. The Labute approximate surface area is 194 Å². The van der Waals surface area contributed by atoms with Crippen LogP contribution in [0.4, 0.5) is 5.69 Å². The third-order valence-corrected chi connectivity index (χ3v) is 7.59. The van der Waals surface area contributed by atoms with E-state index in [0.29, 0.717) is 13.1 Å². The summed E-state index contributed by atoms with van der Waals surface area (Å²) >= 11 is 1.68. The Morgan fingerprint density at radius 2 is 1.66 bits per heavy atom. The van der Waals surface area contributed by atoms with Crippen LogP contribution in [0.15, 0.2) is 60.7 Å². The van der Waals surface area contributed by atoms with Crippen molar-refractivity contribution in [2.75, 3.05) is 31.1 Å². The van der Waals surface area contributed by atoms with Crippen molar-refractivity contribution in [1.82, 2.24) is 15.5 Å². The number of nitrogens with one attached hydrogen (secondary N) is 2. The fraction of sp³-hybridized carbons (Fsp3) is 0.440. The number of carbonyl (C=O) groups is 2. The van der Waals surface area contributed by atoms with Gasteiger partial charge in [-0.05, 0) is 31.5 Å². The highest BCUT2D eigenvalue weighted by Crippen LogP contribution is 2.32. The number of para-hydroxylation sites is 1. The number of hydrogen-bond donors (Lipinski definition) is 2. The first-order chi connectivity index (χ1) is 15.5. The van der Waals surface area contributed by atoms with Crippen LogP contribution in [0, 0.1) is 5.92 Å². The first kappa shape index (κ1) is 22.7. The average Bonchev–Trinajstić information content (AvgIpc) is 2.82. The average molecular weight is 453 g/mol. The van der Waals surface area contributed by atoms with Gasteiger partial charge in [-0.2, -0.15) is 0 Å². The molecule has 0 aliphatic carbocycles. The second-order valence-electron chi connectivity index (χ2n) is 8.55. The Balaban J connectivity index is 1.27. The Hall–Kier alpha value is -2.51. The van der Waals surface area contributed by atoms with E-state index in [0.717, 1.165) is 13.1 Å². The molecule has 2 saturated heterocycles. The lowest BCUT2D eigenvalue weighted by molar-refractivity contribution is -0.138. The van der Waals surface area contributed by atoms with E-state index in [2.05, 4.69) is 46.7 Å². The minimum atomic E-state index is -0.349. The number of amides is 2. The van der Waals surface area contributed by atoms with E-state index < -0.39 is 0 Å². The second-order valence-corrected chi connectivity index (χ2v) is 10.00. The molecule has 6 nitrogen and oxygen atoms in total. The van der Waals surface area contributed by atoms with Gasteiger partial charge in [0.05, 0.1) is 5.92 Å². The number of benzene rings is 2. The Morgan fingerprint density at radius 3 is 2.28 bits per heavy atom. The van der Waals surface area contributed by atoms with Gasteiger partial charge >= 0.3 is 0 Å². The Bertz CT molecular complexity index is 903. The highest BCUT2D eigenvalue weighted by molar-refractivity contribution is 8.00. The first-order valence-electron chi connectivity index (χ1n) is 11.4. The van der Waals surface area contributed by atoms with E-state index in [4.69, 9.17) is 0 Å². The minimum absolute atomic E-state index is 0.0368. The minimum Gasteiger partial charge on any atom is -0.368 e. The molecule has 0 radical (unpaired) electrons. The fourth-order valence-corrected chi connectivity index (χ4v) is 5.58. The molecule has 0 saturated carbocycles. The van der Waals surface area contributed by atoms with Crippen molar-refractivity contribution >= 4 is 29.3 Å². The summed E-state index contributed by atoms with van der Waals surface area (Å²) in [6, 6.07) is 20.5. The molecule has 7 heteroatoms. The van der Waals surface area contributed by atoms with Crippen LogP contribution in [-0.2, 0) is 9.59 Å². The summed E-state index contributed by atoms with van der Waals surface area (Å²) in [6.45, 7) is 7.16. The third-order valence-electron chi connectivity index (χ3n) is 6.39. The summed E-state index contributed by atoms with van der Waals surface area (Å²) in [5.41, 5.74) is 2.26. The summed E-state index contributed by atoms with van der Waals surface area (Å²) < 4.78 is 0. The van der Waals surface area contributed by atoms with Crippen molar-refractivity contribution in [3.63, 3.8) is 0 Å². The maximum atomic E-state index is 12.9. The van der Waals surface area contributed by atoms with Crippen molar-refractivity contribution in [3.05, 3.63) is 66.2 Å². The molecule has 0 aromatic heterocycles. The van der Waals surface area contributed by atoms with Gasteiger partial charge in [-0.3, -0.25) is 14.9 Å². The Kier molecular flexibility index (Phi) is 7.37. The van der Waals surface area contributed by atoms with E-state index in [9.17, 15) is 9.59 Å². The molecule has 0 spiro atoms. The quantitative estimate of drug-likeness (QED) is 0.705. The molecule has 4 unspecified atom stereocenters. The van der Waals surface area contributed by atoms with Gasteiger partial charge in [0.2, 0.25) is 11.8 Å². The first-order valence-corrected chi connectivity index (χ1v) is 12.3. The van der Waals surface area contributed by atoms with Crippen LogP contribution in [0.5, 0.6) is 0 Å². The molecule has 170 valence electrons. The van der Waals surface area contributed by atoms with Crippen LogP contribution in [0.3, 0.4) is 0 Å². The molecular formula is C25H32N4O2S. The van der Waals surface area contributed by atoms with Gasteiger partial charge in [-0.15, -0.1) is 11.8 Å². The zero-order valence-corrected chi connectivity index (χ0v) is 19.6. The van der Waals surface area contributed by atoms with Crippen LogP contribution in [-0.4, -0.2) is 54.4 Å². The predicted molar refractivity (Wildman–Crippen MR) is 130 cm³/mol. The fourth-order valence-electron chi connectivity index (χ4n) is 4.38. The number of thioether (sulfide) groups is 1. The molecule has 2 fully saturated rings. The highest BCUT2D eigenvalue weighted by Gasteiger charge is 2.37. The van der Waals surface area contributed by atoms with Gasteiger partial charge in [0.25, 0.3) is 0 Å². The van der Waals surface area contributed by atoms with E-state index in [-0.39, 0.29) is 40.9 Å². The third kappa shape index (κ3) is 5.45. The summed E-state index contributed by atoms with van der Waals surface area (Å²) in [5, 5.41) is 6.80. The molecule has 32 heavy (non-hydrogen) atoms. The SMILES string of the molecule is CC(SC1NC(=O)C(CC(=O)N2CCN(c3ccccc3)CC2)C(C)N1)c1ccccc1. The maximum absolute atomic E-state index is 12.9. The van der Waals surface area contributed by atoms with Crippen molar-refractivity contribution in [3.8, 4) is 0 Å². The Morgan fingerprint density at radius 1 is 1.03 bits per heavy atom. The molecule has 4 atom stereocenters.